The molecule has 0 radical (unpaired) electrons. The first kappa shape index (κ1) is 21.7. The topological polar surface area (TPSA) is 86.4 Å². The molecule has 4 aliphatic rings. The first-order chi connectivity index (χ1) is 15.6. The molecule has 0 aromatic carbocycles. The van der Waals surface area contributed by atoms with Crippen LogP contribution in [0.15, 0.2) is 4.79 Å². The number of piperidine rings is 1. The molecule has 0 unspecified atom stereocenters. The molecule has 1 N–H and O–H groups in total. The number of amides is 2. The minimum atomic E-state index is -0.137. The van der Waals surface area contributed by atoms with Crippen LogP contribution in [0.3, 0.4) is 0 Å². The van der Waals surface area contributed by atoms with Crippen molar-refractivity contribution in [1.29, 1.82) is 0 Å². The number of hydrogen-bond donors (Lipinski definition) is 1. The van der Waals surface area contributed by atoms with Crippen molar-refractivity contribution < 1.29 is 9.59 Å². The molecule has 7 heteroatoms. The first-order valence-electron chi connectivity index (χ1n) is 12.8. The van der Waals surface area contributed by atoms with E-state index in [1.807, 2.05) is 9.80 Å². The van der Waals surface area contributed by atoms with Crippen molar-refractivity contribution >= 4 is 11.8 Å². The lowest BCUT2D eigenvalue weighted by Gasteiger charge is -2.37. The Morgan fingerprint density at radius 1 is 0.938 bits per heavy atom. The van der Waals surface area contributed by atoms with Crippen LogP contribution < -0.4 is 5.56 Å². The van der Waals surface area contributed by atoms with Gasteiger partial charge in [-0.15, -0.1) is 0 Å². The number of carbonyl (C=O) groups is 2. The van der Waals surface area contributed by atoms with Crippen molar-refractivity contribution in [3.05, 3.63) is 27.4 Å². The highest BCUT2D eigenvalue weighted by atomic mass is 16.2. The summed E-state index contributed by atoms with van der Waals surface area (Å²) in [6, 6.07) is -0.128. The van der Waals surface area contributed by atoms with Gasteiger partial charge in [0, 0.05) is 31.8 Å². The fourth-order valence-electron chi connectivity index (χ4n) is 6.29. The van der Waals surface area contributed by atoms with Crippen LogP contribution in [0.5, 0.6) is 0 Å². The molecule has 1 saturated heterocycles. The Balaban J connectivity index is 1.32. The van der Waals surface area contributed by atoms with Crippen molar-refractivity contribution in [3.63, 3.8) is 0 Å². The molecule has 32 heavy (non-hydrogen) atoms. The lowest BCUT2D eigenvalue weighted by molar-refractivity contribution is -0.139. The monoisotopic (exact) mass is 440 g/mol. The van der Waals surface area contributed by atoms with Crippen LogP contribution in [-0.4, -0.2) is 44.7 Å². The van der Waals surface area contributed by atoms with Gasteiger partial charge in [0.1, 0.15) is 5.82 Å². The Labute approximate surface area is 190 Å². The molecule has 1 atom stereocenters. The van der Waals surface area contributed by atoms with E-state index in [0.29, 0.717) is 43.2 Å². The molecule has 1 aromatic heterocycles. The van der Waals surface area contributed by atoms with Gasteiger partial charge >= 0.3 is 0 Å². The molecule has 5 rings (SSSR count). The third-order valence-electron chi connectivity index (χ3n) is 8.18. The quantitative estimate of drug-likeness (QED) is 0.777. The van der Waals surface area contributed by atoms with Gasteiger partial charge < -0.3 is 14.8 Å². The van der Waals surface area contributed by atoms with Crippen LogP contribution in [0.2, 0.25) is 0 Å². The van der Waals surface area contributed by atoms with Crippen LogP contribution in [0.25, 0.3) is 0 Å². The predicted molar refractivity (Wildman–Crippen MR) is 121 cm³/mol. The average molecular weight is 441 g/mol. The van der Waals surface area contributed by atoms with Crippen molar-refractivity contribution in [1.82, 2.24) is 19.8 Å². The van der Waals surface area contributed by atoms with Gasteiger partial charge in [-0.25, -0.2) is 4.98 Å². The molecule has 3 heterocycles. The Kier molecular flexibility index (Phi) is 6.33. The first-order valence-corrected chi connectivity index (χ1v) is 12.8. The number of carbonyl (C=O) groups excluding carboxylic acids is 2. The number of H-pyrrole nitrogens is 1. The van der Waals surface area contributed by atoms with Gasteiger partial charge in [0.15, 0.2) is 0 Å². The second-order valence-electron chi connectivity index (χ2n) is 10.3. The average Bonchev–Trinajstić information content (AvgIpc) is 3.53. The highest BCUT2D eigenvalue weighted by Gasteiger charge is 2.36. The molecular weight excluding hydrogens is 404 g/mol. The molecule has 1 aromatic rings. The number of nitrogens with zero attached hydrogens (tertiary/aromatic N) is 3. The van der Waals surface area contributed by atoms with E-state index in [1.165, 1.54) is 12.8 Å². The molecule has 0 spiro atoms. The van der Waals surface area contributed by atoms with E-state index in [-0.39, 0.29) is 29.3 Å². The Morgan fingerprint density at radius 2 is 1.66 bits per heavy atom. The third kappa shape index (κ3) is 4.35. The van der Waals surface area contributed by atoms with E-state index < -0.39 is 0 Å². The lowest BCUT2D eigenvalue weighted by Crippen LogP contribution is -2.44. The summed E-state index contributed by atoms with van der Waals surface area (Å²) < 4.78 is 0. The van der Waals surface area contributed by atoms with E-state index in [0.717, 1.165) is 70.0 Å². The summed E-state index contributed by atoms with van der Waals surface area (Å²) >= 11 is 0. The lowest BCUT2D eigenvalue weighted by atomic mass is 9.97. The maximum atomic E-state index is 13.2. The smallest absolute Gasteiger partial charge is 0.256 e. The van der Waals surface area contributed by atoms with Crippen molar-refractivity contribution in [3.8, 4) is 0 Å². The Morgan fingerprint density at radius 3 is 2.44 bits per heavy atom. The zero-order valence-electron chi connectivity index (χ0n) is 19.1. The minimum absolute atomic E-state index is 0.128. The maximum absolute atomic E-state index is 13.2. The molecule has 174 valence electrons. The minimum Gasteiger partial charge on any atom is -0.338 e. The van der Waals surface area contributed by atoms with Gasteiger partial charge in [-0.2, -0.15) is 0 Å². The molecule has 7 nitrogen and oxygen atoms in total. The molecule has 2 saturated carbocycles. The van der Waals surface area contributed by atoms with Crippen LogP contribution in [0, 0.1) is 11.8 Å². The number of likely N-dealkylation sites (tertiary alicyclic amines) is 1. The fourth-order valence-corrected chi connectivity index (χ4v) is 6.29. The molecule has 0 bridgehead atoms. The highest BCUT2D eigenvalue weighted by molar-refractivity contribution is 5.79. The number of aromatic amines is 1. The second kappa shape index (κ2) is 9.36. The fraction of sp³-hybridized carbons (Fsp3) is 0.760. The molecule has 2 aliphatic carbocycles. The number of nitrogens with one attached hydrogen (secondary N) is 1. The van der Waals surface area contributed by atoms with E-state index in [2.05, 4.69) is 4.98 Å². The molecule has 2 aliphatic heterocycles. The van der Waals surface area contributed by atoms with Crippen LogP contribution in [0.1, 0.15) is 100 Å². The summed E-state index contributed by atoms with van der Waals surface area (Å²) in [7, 11) is 0. The van der Waals surface area contributed by atoms with Crippen LogP contribution in [0.4, 0.5) is 0 Å². The summed E-state index contributed by atoms with van der Waals surface area (Å²) in [5.41, 5.74) is 1.30. The molecular formula is C25H36N4O3. The van der Waals surface area contributed by atoms with Gasteiger partial charge in [-0.3, -0.25) is 14.4 Å². The SMILES string of the molecule is O=C(CC1CCCC1)N1CCc2nc([C@@H]3CCCCN3C(=O)C3CCCC3)[nH]c(=O)c2C1. The van der Waals surface area contributed by atoms with Crippen molar-refractivity contribution in [2.24, 2.45) is 11.8 Å². The van der Waals surface area contributed by atoms with Gasteiger partial charge in [-0.1, -0.05) is 25.7 Å². The van der Waals surface area contributed by atoms with Gasteiger partial charge in [0.25, 0.3) is 5.56 Å². The molecule has 2 amide bonds. The summed E-state index contributed by atoms with van der Waals surface area (Å²) in [6.45, 7) is 1.74. The van der Waals surface area contributed by atoms with Crippen LogP contribution >= 0.6 is 0 Å². The number of hydrogen-bond acceptors (Lipinski definition) is 4. The number of aromatic nitrogens is 2. The Hall–Kier alpha value is -2.18. The summed E-state index contributed by atoms with van der Waals surface area (Å²) in [4.78, 5) is 50.7. The summed E-state index contributed by atoms with van der Waals surface area (Å²) in [5, 5.41) is 0. The van der Waals surface area contributed by atoms with Crippen LogP contribution in [-0.2, 0) is 22.6 Å². The highest BCUT2D eigenvalue weighted by Crippen LogP contribution is 2.34. The zero-order valence-corrected chi connectivity index (χ0v) is 19.1. The molecule has 3 fully saturated rings. The maximum Gasteiger partial charge on any atom is 0.256 e. The van der Waals surface area contributed by atoms with E-state index in [9.17, 15) is 14.4 Å². The normalized spacial score (nSPS) is 24.7. The van der Waals surface area contributed by atoms with E-state index in [1.54, 1.807) is 0 Å². The predicted octanol–water partition coefficient (Wildman–Crippen LogP) is 3.48. The van der Waals surface area contributed by atoms with Gasteiger partial charge in [0.2, 0.25) is 11.8 Å². The van der Waals surface area contributed by atoms with Crippen molar-refractivity contribution in [2.45, 2.75) is 96.1 Å². The summed E-state index contributed by atoms with van der Waals surface area (Å²) in [6.07, 6.45) is 13.2. The van der Waals surface area contributed by atoms with E-state index >= 15 is 0 Å². The second-order valence-corrected chi connectivity index (χ2v) is 10.3. The van der Waals surface area contributed by atoms with Gasteiger partial charge in [0.05, 0.1) is 23.8 Å². The van der Waals surface area contributed by atoms with Crippen molar-refractivity contribution in [2.75, 3.05) is 13.1 Å². The number of rotatable bonds is 4. The summed E-state index contributed by atoms with van der Waals surface area (Å²) in [5.74, 6) is 1.71. The van der Waals surface area contributed by atoms with E-state index in [4.69, 9.17) is 4.98 Å². The zero-order chi connectivity index (χ0) is 22.1. The number of fused-ring (bicyclic) bond motifs is 1. The largest absolute Gasteiger partial charge is 0.338 e. The Bertz CT molecular complexity index is 914. The standard InChI is InChI=1S/C25H36N4O3/c30-22(15-17-7-1-2-8-17)28-14-12-20-19(16-28)24(31)27-23(26-20)21-11-5-6-13-29(21)25(32)18-9-3-4-10-18/h17-18,21H,1-16H2,(H,26,27,31)/t21-/m0/s1. The van der Waals surface area contributed by atoms with Gasteiger partial charge in [-0.05, 0) is 50.9 Å². The third-order valence-corrected chi connectivity index (χ3v) is 8.18.